The minimum Gasteiger partial charge on any atom is -0.427 e. The van der Waals surface area contributed by atoms with Gasteiger partial charge in [-0.2, -0.15) is 0 Å². The molecule has 0 N–H and O–H groups in total. The fourth-order valence-corrected chi connectivity index (χ4v) is 6.28. The summed E-state index contributed by atoms with van der Waals surface area (Å²) < 4.78 is 31.4. The van der Waals surface area contributed by atoms with Crippen molar-refractivity contribution in [3.05, 3.63) is 102 Å². The normalized spacial score (nSPS) is 14.3. The number of sulfone groups is 1. The Kier molecular flexibility index (Phi) is 7.72. The highest BCUT2D eigenvalue weighted by atomic mass is 32.2. The van der Waals surface area contributed by atoms with Gasteiger partial charge in [0.15, 0.2) is 9.84 Å². The third-order valence-corrected chi connectivity index (χ3v) is 8.45. The number of hydrogen-bond acceptors (Lipinski definition) is 7. The summed E-state index contributed by atoms with van der Waals surface area (Å²) in [5.74, 6) is -0.0527. The molecule has 5 rings (SSSR count). The van der Waals surface area contributed by atoms with Crippen LogP contribution >= 0.6 is 0 Å². The molecule has 3 aromatic carbocycles. The van der Waals surface area contributed by atoms with Crippen LogP contribution in [0.4, 0.5) is 0 Å². The second-order valence-electron chi connectivity index (χ2n) is 9.59. The zero-order chi connectivity index (χ0) is 27.4. The van der Waals surface area contributed by atoms with Crippen LogP contribution in [0.3, 0.4) is 0 Å². The molecule has 200 valence electrons. The van der Waals surface area contributed by atoms with Gasteiger partial charge in [0.25, 0.3) is 5.91 Å². The van der Waals surface area contributed by atoms with E-state index in [1.54, 1.807) is 60.8 Å². The fraction of sp³-hybridized carbons (Fsp3) is 0.233. The van der Waals surface area contributed by atoms with E-state index in [9.17, 15) is 18.0 Å². The van der Waals surface area contributed by atoms with E-state index in [4.69, 9.17) is 4.74 Å². The van der Waals surface area contributed by atoms with Gasteiger partial charge in [-0.3, -0.25) is 19.5 Å². The van der Waals surface area contributed by atoms with Crippen LogP contribution in [0.1, 0.15) is 28.4 Å². The van der Waals surface area contributed by atoms with Crippen LogP contribution in [0.2, 0.25) is 0 Å². The van der Waals surface area contributed by atoms with Crippen LogP contribution < -0.4 is 4.74 Å². The summed E-state index contributed by atoms with van der Waals surface area (Å²) in [4.78, 5) is 32.8. The first kappa shape index (κ1) is 26.5. The van der Waals surface area contributed by atoms with Gasteiger partial charge < -0.3 is 9.64 Å². The first-order chi connectivity index (χ1) is 18.8. The Hall–Kier alpha value is -4.08. The largest absolute Gasteiger partial charge is 0.427 e. The number of fused-ring (bicyclic) bond motifs is 1. The predicted octanol–water partition coefficient (Wildman–Crippen LogP) is 4.09. The Bertz CT molecular complexity index is 1590. The molecule has 4 aromatic rings. The van der Waals surface area contributed by atoms with E-state index in [-0.39, 0.29) is 22.5 Å². The lowest BCUT2D eigenvalue weighted by Crippen LogP contribution is -2.48. The van der Waals surface area contributed by atoms with E-state index in [2.05, 4.69) is 9.88 Å². The van der Waals surface area contributed by atoms with Crippen molar-refractivity contribution in [2.24, 2.45) is 0 Å². The Labute approximate surface area is 227 Å². The molecule has 8 nitrogen and oxygen atoms in total. The summed E-state index contributed by atoms with van der Waals surface area (Å²) in [6.07, 6.45) is 1.59. The molecule has 1 aliphatic heterocycles. The Morgan fingerprint density at radius 1 is 0.846 bits per heavy atom. The van der Waals surface area contributed by atoms with Crippen molar-refractivity contribution in [1.29, 1.82) is 0 Å². The first-order valence-corrected chi connectivity index (χ1v) is 14.4. The van der Waals surface area contributed by atoms with Gasteiger partial charge in [-0.1, -0.05) is 42.5 Å². The molecule has 0 spiro atoms. The number of para-hydroxylation sites is 1. The number of carbonyl (C=O) groups excluding carboxylic acids is 2. The number of benzene rings is 3. The van der Waals surface area contributed by atoms with E-state index in [1.807, 2.05) is 29.2 Å². The van der Waals surface area contributed by atoms with E-state index in [1.165, 1.54) is 6.92 Å². The maximum absolute atomic E-state index is 13.2. The highest BCUT2D eigenvalue weighted by Crippen LogP contribution is 2.24. The first-order valence-electron chi connectivity index (χ1n) is 12.7. The number of aromatic nitrogens is 1. The summed E-state index contributed by atoms with van der Waals surface area (Å²) in [5, 5.41) is 0.775. The second-order valence-corrected chi connectivity index (χ2v) is 11.6. The van der Waals surface area contributed by atoms with Crippen molar-refractivity contribution in [3.63, 3.8) is 0 Å². The molecule has 2 heterocycles. The van der Waals surface area contributed by atoms with Gasteiger partial charge in [0.2, 0.25) is 0 Å². The number of hydrogen-bond donors (Lipinski definition) is 0. The van der Waals surface area contributed by atoms with Gasteiger partial charge in [-0.15, -0.1) is 0 Å². The monoisotopic (exact) mass is 543 g/mol. The quantitative estimate of drug-likeness (QED) is 0.256. The molecular weight excluding hydrogens is 514 g/mol. The molecule has 0 saturated carbocycles. The van der Waals surface area contributed by atoms with Crippen LogP contribution in [0.15, 0.2) is 90.0 Å². The summed E-state index contributed by atoms with van der Waals surface area (Å²) >= 11 is 0. The van der Waals surface area contributed by atoms with Gasteiger partial charge in [-0.05, 0) is 47.5 Å². The summed E-state index contributed by atoms with van der Waals surface area (Å²) in [6.45, 7) is 4.82. The van der Waals surface area contributed by atoms with Gasteiger partial charge in [0, 0.05) is 56.8 Å². The number of pyridine rings is 1. The highest BCUT2D eigenvalue weighted by Gasteiger charge is 2.23. The van der Waals surface area contributed by atoms with Crippen LogP contribution in [0, 0.1) is 0 Å². The number of carbonyl (C=O) groups is 2. The smallest absolute Gasteiger partial charge is 0.308 e. The molecule has 0 atom stereocenters. The molecule has 1 aromatic heterocycles. The van der Waals surface area contributed by atoms with Crippen molar-refractivity contribution in [1.82, 2.24) is 14.8 Å². The highest BCUT2D eigenvalue weighted by molar-refractivity contribution is 7.90. The van der Waals surface area contributed by atoms with E-state index in [0.29, 0.717) is 35.5 Å². The van der Waals surface area contributed by atoms with Crippen molar-refractivity contribution in [2.75, 3.05) is 26.2 Å². The number of piperazine rings is 1. The minimum atomic E-state index is -3.62. The molecule has 1 aliphatic rings. The molecule has 0 radical (unpaired) electrons. The summed E-state index contributed by atoms with van der Waals surface area (Å²) in [7, 11) is -3.62. The fourth-order valence-electron chi connectivity index (χ4n) is 4.75. The zero-order valence-electron chi connectivity index (χ0n) is 21.6. The van der Waals surface area contributed by atoms with Crippen LogP contribution in [0.25, 0.3) is 10.9 Å². The number of nitrogens with zero attached hydrogens (tertiary/aromatic N) is 3. The molecule has 0 aliphatic carbocycles. The zero-order valence-corrected chi connectivity index (χ0v) is 22.4. The van der Waals surface area contributed by atoms with Gasteiger partial charge in [-0.25, -0.2) is 8.42 Å². The molecule has 0 unspecified atom stereocenters. The number of esters is 1. The third kappa shape index (κ3) is 6.32. The number of ether oxygens (including phenoxy) is 1. The predicted molar refractivity (Wildman–Crippen MR) is 148 cm³/mol. The van der Waals surface area contributed by atoms with Crippen molar-refractivity contribution < 1.29 is 22.7 Å². The molecule has 0 bridgehead atoms. The average Bonchev–Trinajstić information content (AvgIpc) is 2.94. The van der Waals surface area contributed by atoms with Gasteiger partial charge in [0.1, 0.15) is 5.75 Å². The molecule has 9 heteroatoms. The Morgan fingerprint density at radius 2 is 1.51 bits per heavy atom. The topological polar surface area (TPSA) is 96.9 Å². The van der Waals surface area contributed by atoms with Crippen LogP contribution in [-0.4, -0.2) is 61.3 Å². The summed E-state index contributed by atoms with van der Waals surface area (Å²) in [5.41, 5.74) is 2.72. The maximum Gasteiger partial charge on any atom is 0.308 e. The van der Waals surface area contributed by atoms with E-state index in [0.717, 1.165) is 30.6 Å². The van der Waals surface area contributed by atoms with Crippen molar-refractivity contribution in [2.45, 2.75) is 24.1 Å². The minimum absolute atomic E-state index is 0.0620. The maximum atomic E-state index is 13.2. The number of amides is 1. The lowest BCUT2D eigenvalue weighted by molar-refractivity contribution is -0.131. The molecule has 39 heavy (non-hydrogen) atoms. The number of rotatable bonds is 7. The van der Waals surface area contributed by atoms with Crippen LogP contribution in [-0.2, 0) is 26.9 Å². The molecular formula is C30H29N3O5S. The van der Waals surface area contributed by atoms with Crippen molar-refractivity contribution >= 4 is 32.6 Å². The molecule has 1 saturated heterocycles. The lowest BCUT2D eigenvalue weighted by atomic mass is 10.1. The van der Waals surface area contributed by atoms with E-state index >= 15 is 0 Å². The van der Waals surface area contributed by atoms with Crippen molar-refractivity contribution in [3.8, 4) is 5.75 Å². The third-order valence-electron chi connectivity index (χ3n) is 6.74. The molecule has 1 fully saturated rings. The van der Waals surface area contributed by atoms with Gasteiger partial charge >= 0.3 is 5.97 Å². The Balaban J connectivity index is 1.17. The second kappa shape index (κ2) is 11.3. The summed E-state index contributed by atoms with van der Waals surface area (Å²) in [6, 6.07) is 23.0. The van der Waals surface area contributed by atoms with Gasteiger partial charge in [0.05, 0.1) is 16.2 Å². The lowest BCUT2D eigenvalue weighted by Gasteiger charge is -2.34. The Morgan fingerprint density at radius 3 is 2.21 bits per heavy atom. The standard InChI is InChI=1S/C30H29N3O5S/c1-22(34)38-27-13-9-23(10-14-27)20-32-16-18-33(19-17-32)30(35)26-11-7-24(8-12-26)21-39(36,37)28-6-2-4-25-5-3-15-31-29(25)28/h2-15H,16-21H2,1H3. The SMILES string of the molecule is CC(=O)Oc1ccc(CN2CCN(C(=O)c3ccc(CS(=O)(=O)c4cccc5cccnc45)cc3)CC2)cc1. The van der Waals surface area contributed by atoms with Crippen LogP contribution in [0.5, 0.6) is 5.75 Å². The average molecular weight is 544 g/mol. The molecule has 1 amide bonds. The van der Waals surface area contributed by atoms with E-state index < -0.39 is 9.84 Å².